The summed E-state index contributed by atoms with van der Waals surface area (Å²) < 4.78 is 0.844. The zero-order chi connectivity index (χ0) is 10.9. The highest BCUT2D eigenvalue weighted by Crippen LogP contribution is 1.84. The van der Waals surface area contributed by atoms with Crippen LogP contribution < -0.4 is 5.11 Å². The fourth-order valence-electron chi connectivity index (χ4n) is 0.418. The van der Waals surface area contributed by atoms with Crippen molar-refractivity contribution >= 4 is 5.97 Å². The first-order valence-electron chi connectivity index (χ1n) is 4.05. The molecule has 0 fully saturated rings. The Morgan fingerprint density at radius 3 is 2.00 bits per heavy atom. The lowest BCUT2D eigenvalue weighted by atomic mass is 10.4. The molecule has 0 aliphatic rings. The van der Waals surface area contributed by atoms with Crippen LogP contribution in [0.3, 0.4) is 0 Å². The number of carbonyl (C=O) groups is 1. The lowest BCUT2D eigenvalue weighted by Gasteiger charge is -2.21. The maximum absolute atomic E-state index is 9.42. The van der Waals surface area contributed by atoms with Crippen LogP contribution >= 0.6 is 0 Å². The Hall–Kier alpha value is -0.870. The number of nitrogens with zero attached hydrogens (tertiary/aromatic N) is 1. The van der Waals surface area contributed by atoms with E-state index in [1.807, 2.05) is 0 Å². The van der Waals surface area contributed by atoms with Crippen molar-refractivity contribution in [1.29, 1.82) is 0 Å². The van der Waals surface area contributed by atoms with Gasteiger partial charge < -0.3 is 19.5 Å². The van der Waals surface area contributed by atoms with Crippen molar-refractivity contribution in [2.75, 3.05) is 34.3 Å². The number of carboxylic acid groups (broad SMARTS) is 1. The molecule has 0 aliphatic carbocycles. The summed E-state index contributed by atoms with van der Waals surface area (Å²) in [6.45, 7) is 4.29. The van der Waals surface area contributed by atoms with Gasteiger partial charge in [0, 0.05) is 12.4 Å². The highest BCUT2D eigenvalue weighted by atomic mass is 16.4. The van der Waals surface area contributed by atoms with Gasteiger partial charge >= 0.3 is 0 Å². The zero-order valence-corrected chi connectivity index (χ0v) is 8.62. The summed E-state index contributed by atoms with van der Waals surface area (Å²) >= 11 is 0. The Morgan fingerprint density at radius 1 is 1.54 bits per heavy atom. The van der Waals surface area contributed by atoms with E-state index < -0.39 is 5.97 Å². The van der Waals surface area contributed by atoms with Gasteiger partial charge in [-0.05, 0) is 0 Å². The fraction of sp³-hybridized carbons (Fsp3) is 0.667. The molecule has 0 bridgehead atoms. The molecule has 0 aliphatic heterocycles. The van der Waals surface area contributed by atoms with Crippen LogP contribution in [0.2, 0.25) is 0 Å². The first kappa shape index (κ1) is 14.6. The molecule has 0 rings (SSSR count). The number of aliphatic hydroxyl groups excluding tert-OH is 1. The average Bonchev–Trinajstić information content (AvgIpc) is 1.84. The summed E-state index contributed by atoms with van der Waals surface area (Å²) in [6.07, 6.45) is 1.23. The molecule has 4 heteroatoms. The predicted molar refractivity (Wildman–Crippen MR) is 49.8 cm³/mol. The summed E-state index contributed by atoms with van der Waals surface area (Å²) in [7, 11) is 6.16. The minimum Gasteiger partial charge on any atom is -0.550 e. The third-order valence-corrected chi connectivity index (χ3v) is 1.08. The standard InChI is InChI=1S/C5H14NO.C4H6O2/c1-6(2,3)4-5-7;1-2-3-4(5)6/h7H,4-5H2,1-3H3;2H,1,3H2,(H,5,6)/q+1;/p-1. The van der Waals surface area contributed by atoms with E-state index in [0.717, 1.165) is 11.0 Å². The monoisotopic (exact) mass is 189 g/mol. The van der Waals surface area contributed by atoms with Crippen LogP contribution in [0.1, 0.15) is 6.42 Å². The van der Waals surface area contributed by atoms with Crippen molar-refractivity contribution in [2.45, 2.75) is 6.42 Å². The average molecular weight is 189 g/mol. The summed E-state index contributed by atoms with van der Waals surface area (Å²) in [5.41, 5.74) is 0. The van der Waals surface area contributed by atoms with Crippen molar-refractivity contribution in [2.24, 2.45) is 0 Å². The largest absolute Gasteiger partial charge is 0.550 e. The first-order valence-corrected chi connectivity index (χ1v) is 4.05. The molecule has 13 heavy (non-hydrogen) atoms. The lowest BCUT2D eigenvalue weighted by Crippen LogP contribution is -2.36. The summed E-state index contributed by atoms with van der Waals surface area (Å²) in [6, 6.07) is 0. The SMILES string of the molecule is C=CCC(=O)[O-].C[N+](C)(C)CCO. The Kier molecular flexibility index (Phi) is 8.74. The number of rotatable bonds is 4. The van der Waals surface area contributed by atoms with Gasteiger partial charge in [-0.15, -0.1) is 6.58 Å². The molecule has 1 N–H and O–H groups in total. The minimum absolute atomic E-state index is 0.0556. The van der Waals surface area contributed by atoms with E-state index in [1.165, 1.54) is 6.08 Å². The van der Waals surface area contributed by atoms with E-state index in [0.29, 0.717) is 0 Å². The summed E-state index contributed by atoms with van der Waals surface area (Å²) in [5.74, 6) is -1.08. The van der Waals surface area contributed by atoms with E-state index in [1.54, 1.807) is 0 Å². The van der Waals surface area contributed by atoms with Crippen LogP contribution in [0.5, 0.6) is 0 Å². The molecule has 0 spiro atoms. The third kappa shape index (κ3) is 24.7. The Labute approximate surface area is 79.7 Å². The van der Waals surface area contributed by atoms with Crippen LogP contribution in [-0.2, 0) is 4.79 Å². The summed E-state index contributed by atoms with van der Waals surface area (Å²) in [5, 5.41) is 17.8. The van der Waals surface area contributed by atoms with Crippen LogP contribution in [0.25, 0.3) is 0 Å². The molecular formula is C9H19NO3. The van der Waals surface area contributed by atoms with Crippen molar-refractivity contribution in [3.63, 3.8) is 0 Å². The molecule has 0 saturated carbocycles. The van der Waals surface area contributed by atoms with Gasteiger partial charge in [0.25, 0.3) is 0 Å². The van der Waals surface area contributed by atoms with E-state index in [-0.39, 0.29) is 13.0 Å². The van der Waals surface area contributed by atoms with E-state index in [2.05, 4.69) is 27.7 Å². The molecule has 0 amide bonds. The van der Waals surface area contributed by atoms with Crippen molar-refractivity contribution < 1.29 is 19.5 Å². The quantitative estimate of drug-likeness (QED) is 0.455. The third-order valence-electron chi connectivity index (χ3n) is 1.08. The van der Waals surface area contributed by atoms with Gasteiger partial charge in [0.15, 0.2) is 0 Å². The summed E-state index contributed by atoms with van der Waals surface area (Å²) in [4.78, 5) is 9.42. The molecule has 0 aromatic heterocycles. The molecule has 0 aromatic carbocycles. The van der Waals surface area contributed by atoms with Gasteiger partial charge in [-0.2, -0.15) is 0 Å². The maximum atomic E-state index is 9.42. The van der Waals surface area contributed by atoms with Crippen LogP contribution in [-0.4, -0.2) is 49.9 Å². The molecule has 4 nitrogen and oxygen atoms in total. The predicted octanol–water partition coefficient (Wildman–Crippen LogP) is -1.00. The molecule has 0 unspecified atom stereocenters. The number of aliphatic hydroxyl groups is 1. The second kappa shape index (κ2) is 7.76. The van der Waals surface area contributed by atoms with Crippen LogP contribution in [0.15, 0.2) is 12.7 Å². The number of carbonyl (C=O) groups excluding carboxylic acids is 1. The molecule has 78 valence electrons. The zero-order valence-electron chi connectivity index (χ0n) is 8.62. The van der Waals surface area contributed by atoms with Crippen LogP contribution in [0, 0.1) is 0 Å². The molecule has 0 radical (unpaired) electrons. The van der Waals surface area contributed by atoms with Crippen molar-refractivity contribution in [3.8, 4) is 0 Å². The van der Waals surface area contributed by atoms with Crippen molar-refractivity contribution in [1.82, 2.24) is 0 Å². The Morgan fingerprint density at radius 2 is 2.00 bits per heavy atom. The van der Waals surface area contributed by atoms with E-state index in [9.17, 15) is 9.90 Å². The van der Waals surface area contributed by atoms with E-state index >= 15 is 0 Å². The highest BCUT2D eigenvalue weighted by Gasteiger charge is 2.02. The minimum atomic E-state index is -1.08. The smallest absolute Gasteiger partial charge is 0.101 e. The normalized spacial score (nSPS) is 9.85. The second-order valence-corrected chi connectivity index (χ2v) is 3.60. The number of likely N-dealkylation sites (N-methyl/N-ethyl adjacent to an activating group) is 1. The van der Waals surface area contributed by atoms with Gasteiger partial charge in [-0.25, -0.2) is 0 Å². The van der Waals surface area contributed by atoms with Gasteiger partial charge in [0.1, 0.15) is 6.54 Å². The second-order valence-electron chi connectivity index (χ2n) is 3.60. The fourth-order valence-corrected chi connectivity index (χ4v) is 0.418. The topological polar surface area (TPSA) is 60.4 Å². The maximum Gasteiger partial charge on any atom is 0.101 e. The van der Waals surface area contributed by atoms with Crippen molar-refractivity contribution in [3.05, 3.63) is 12.7 Å². The molecule has 0 heterocycles. The van der Waals surface area contributed by atoms with Gasteiger partial charge in [-0.3, -0.25) is 0 Å². The highest BCUT2D eigenvalue weighted by molar-refractivity contribution is 5.65. The Bertz CT molecular complexity index is 149. The van der Waals surface area contributed by atoms with E-state index in [4.69, 9.17) is 5.11 Å². The number of carboxylic acids is 1. The lowest BCUT2D eigenvalue weighted by molar-refractivity contribution is -0.870. The van der Waals surface area contributed by atoms with Gasteiger partial charge in [-0.1, -0.05) is 6.08 Å². The molecule has 0 atom stereocenters. The number of hydrogen-bond donors (Lipinski definition) is 1. The number of aliphatic carboxylic acids is 1. The molecular weight excluding hydrogens is 170 g/mol. The first-order chi connectivity index (χ1) is 5.83. The Balaban J connectivity index is 0. The van der Waals surface area contributed by atoms with Gasteiger partial charge in [0.05, 0.1) is 27.7 Å². The number of quaternary nitrogens is 1. The van der Waals surface area contributed by atoms with Crippen LogP contribution in [0.4, 0.5) is 0 Å². The molecule has 0 saturated heterocycles. The molecule has 0 aromatic rings. The van der Waals surface area contributed by atoms with Gasteiger partial charge in [0.2, 0.25) is 0 Å². The number of hydrogen-bond acceptors (Lipinski definition) is 3.